The Hall–Kier alpha value is -14.1. The number of benzene rings is 5. The molecule has 5 aromatic carbocycles. The first-order valence-corrected chi connectivity index (χ1v) is 45.5. The molecular weight excluding hydrogens is 2070 g/mol. The molecule has 1 amide bonds. The van der Waals surface area contributed by atoms with Crippen molar-refractivity contribution in [2.24, 2.45) is 23.7 Å². The summed E-state index contributed by atoms with van der Waals surface area (Å²) in [4.78, 5) is 98.2. The van der Waals surface area contributed by atoms with Crippen LogP contribution in [0.15, 0.2) is 135 Å². The predicted molar refractivity (Wildman–Crippen MR) is 507 cm³/mol. The molecule has 6 heterocycles. The number of esters is 4. The number of ether oxygens (including phenoxy) is 10. The number of carbonyl (C=O) groups is 7. The summed E-state index contributed by atoms with van der Waals surface area (Å²) in [6, 6.07) is 13.4. The molecule has 0 unspecified atom stereocenters. The van der Waals surface area contributed by atoms with Crippen molar-refractivity contribution < 1.29 is 171 Å². The van der Waals surface area contributed by atoms with Crippen molar-refractivity contribution >= 4 is 92.6 Å². The molecule has 53 heteroatoms. The standard InChI is InChI=1S/C27H29F4N5O5.C20H19F4N5O4.C12H16FNO3.C11H14FNO4.C9H6ClF3N4.C9H10FNO2.C8H13ClO.ClH/c1-16-3-5-18(6-4-16)25(37)35(9-10-40-2)22-13-21(28)23(12-19(22)26(38)39)41-24-20(27(29,30)31)11-17(14-32-24)15-36-33-7-8-34-36;1-31-6-5-25-16-9-15(21)17(8-13(16)19(30)32-2)33-18-14(20(22,23)24)7-12(10-26-18)11-29-27-3-4-28-29;1-8-6-9(12(15)17-3)11(7-10(8)13)14-4-5-16-2;1-16-4-3-13-9-6-8(12)10(14)5-7(9)11(15)17-2;10-8-7(9(11,12)13)3-6(4-14-8)5-17-15-1-2-16-17;1-5-3-6(9(12)13-2)8(11)4-7(5)10;1-6-2-4-7(5-3-6)8(9)10;/h7-8,11-14,16,18H,3-6,9-10,15H2,1-2H3,(H,38,39);3-4,7-10,25H,5-6,11H2,1-2H3;6-7,14H,4-5H2,1-3H3;5-6,13-14H,3-4H2,1-2H3;1-4H,5H2;3-4H,11H2,1-2H3;6-7H,2-5H2,1H3;1H. The zero-order valence-electron chi connectivity index (χ0n) is 82.2. The minimum atomic E-state index is -4.93. The van der Waals surface area contributed by atoms with Gasteiger partial charge in [-0.2, -0.15) is 84.5 Å². The molecule has 8 N–H and O–H groups in total. The van der Waals surface area contributed by atoms with Crippen molar-refractivity contribution in [3.8, 4) is 29.0 Å². The average Bonchev–Trinajstić information content (AvgIpc) is 1.15. The molecule has 0 aliphatic heterocycles. The molecule has 36 nitrogen and oxygen atoms in total. The Bertz CT molecular complexity index is 6140. The fourth-order valence-corrected chi connectivity index (χ4v) is 14.4. The van der Waals surface area contributed by atoms with Gasteiger partial charge in [0.2, 0.25) is 22.9 Å². The van der Waals surface area contributed by atoms with E-state index in [0.717, 1.165) is 115 Å². The number of carbonyl (C=O) groups excluding carboxylic acids is 6. The van der Waals surface area contributed by atoms with Gasteiger partial charge in [-0.25, -0.2) is 60.9 Å². The first-order valence-electron chi connectivity index (χ1n) is 44.7. The van der Waals surface area contributed by atoms with Crippen molar-refractivity contribution in [2.75, 3.05) is 130 Å². The lowest BCUT2D eigenvalue weighted by Gasteiger charge is -2.32. The number of aromatic carboxylic acids is 1. The second-order valence-corrected chi connectivity index (χ2v) is 33.3. The number of quaternary nitrogens is 1. The number of methoxy groups -OCH3 is 8. The van der Waals surface area contributed by atoms with Crippen molar-refractivity contribution in [2.45, 2.75) is 117 Å². The van der Waals surface area contributed by atoms with Gasteiger partial charge in [-0.05, 0) is 159 Å². The Balaban J connectivity index is 0.000000280. The van der Waals surface area contributed by atoms with Crippen LogP contribution >= 0.6 is 23.2 Å². The summed E-state index contributed by atoms with van der Waals surface area (Å²) in [6.45, 7) is 9.72. The number of nitrogens with zero attached hydrogens (tertiary/aromatic N) is 13. The number of pyridine rings is 3. The van der Waals surface area contributed by atoms with Gasteiger partial charge in [0, 0.05) is 121 Å². The number of anilines is 4. The number of hydrogen-bond acceptors (Lipinski definition) is 30. The minimum absolute atomic E-state index is 0. The number of aromatic hydroxyl groups is 1. The molecule has 0 radical (unpaired) electrons. The van der Waals surface area contributed by atoms with E-state index in [9.17, 15) is 101 Å². The SMILES string of the molecule is CC1CCC(C(=O)Cl)CC1.COC(=O)c1cc(C)c(F)cc1[NH3+].COCCN(C(=O)C1CCC(C)CC1)c1cc(F)c(Oc2ncc(Cn3nccn3)cc2C(F)(F)F)cc1C(=O)O.COCCNc1cc(F)c(C)cc1C(=O)OC.COCCNc1cc(F)c(O)cc1C(=O)OC.COCCNc1cc(F)c(Oc2ncc(Cn3nccn3)cc2C(F)(F)F)cc1C(=O)OC.FC(F)(F)c1cc(Cn2nccn2)cnc1Cl.[Cl-]. The Morgan fingerprint density at radius 1 is 0.436 bits per heavy atom. The molecule has 2 saturated carbocycles. The molecule has 11 aromatic rings. The van der Waals surface area contributed by atoms with Crippen LogP contribution in [-0.2, 0) is 85.6 Å². The number of phenolic OH excluding ortho intramolecular Hbond substituents is 1. The lowest BCUT2D eigenvalue weighted by Crippen LogP contribution is -3.00. The van der Waals surface area contributed by atoms with Crippen molar-refractivity contribution in [3.63, 3.8) is 0 Å². The summed E-state index contributed by atoms with van der Waals surface area (Å²) < 4.78 is 238. The van der Waals surface area contributed by atoms with Gasteiger partial charge in [0.15, 0.2) is 34.7 Å². The van der Waals surface area contributed by atoms with Crippen LogP contribution in [0.3, 0.4) is 0 Å². The normalized spacial score (nSPS) is 14.0. The maximum absolute atomic E-state index is 15.4. The molecule has 2 fully saturated rings. The molecule has 810 valence electrons. The van der Waals surface area contributed by atoms with Gasteiger partial charge >= 0.3 is 48.4 Å². The number of aryl methyl sites for hydroxylation is 2. The van der Waals surface area contributed by atoms with Crippen LogP contribution in [0.1, 0.15) is 162 Å². The summed E-state index contributed by atoms with van der Waals surface area (Å²) in [5.41, 5.74) is 2.34. The number of phenols is 1. The summed E-state index contributed by atoms with van der Waals surface area (Å²) in [7, 11) is 10.9. The molecule has 0 saturated heterocycles. The third-order valence-electron chi connectivity index (χ3n) is 21.8. The van der Waals surface area contributed by atoms with Crippen LogP contribution in [0.2, 0.25) is 5.15 Å². The Morgan fingerprint density at radius 3 is 1.15 bits per heavy atom. The van der Waals surface area contributed by atoms with E-state index in [0.29, 0.717) is 84.3 Å². The van der Waals surface area contributed by atoms with Gasteiger partial charge in [0.05, 0.1) is 162 Å². The number of aromatic nitrogens is 12. The number of halogens is 17. The monoisotopic (exact) mass is 2170 g/mol. The number of amides is 1. The van der Waals surface area contributed by atoms with E-state index in [4.69, 9.17) is 51.6 Å². The van der Waals surface area contributed by atoms with E-state index in [2.05, 4.69) is 100 Å². The van der Waals surface area contributed by atoms with Gasteiger partial charge in [-0.3, -0.25) is 9.59 Å². The molecule has 2 aliphatic carbocycles. The third-order valence-corrected chi connectivity index (χ3v) is 22.4. The number of nitrogens with one attached hydrogen (secondary N) is 3. The molecule has 0 bridgehead atoms. The number of alkyl halides is 9. The second-order valence-electron chi connectivity index (χ2n) is 32.6. The molecule has 2 aliphatic rings. The number of carboxylic acid groups (broad SMARTS) is 1. The quantitative estimate of drug-likeness (QED) is 0.00423. The highest BCUT2D eigenvalue weighted by molar-refractivity contribution is 6.64. The summed E-state index contributed by atoms with van der Waals surface area (Å²) in [5.74, 6) is -10.9. The van der Waals surface area contributed by atoms with Crippen molar-refractivity contribution in [1.29, 1.82) is 0 Å². The van der Waals surface area contributed by atoms with Crippen LogP contribution in [0.25, 0.3) is 0 Å². The highest BCUT2D eigenvalue weighted by atomic mass is 35.5. The molecular formula is C96H108Cl3F14N17O19. The molecule has 13 rings (SSSR count). The van der Waals surface area contributed by atoms with E-state index >= 15 is 4.39 Å². The predicted octanol–water partition coefficient (Wildman–Crippen LogP) is 14.8. The largest absolute Gasteiger partial charge is 1.00 e. The van der Waals surface area contributed by atoms with Crippen molar-refractivity contribution in [3.05, 3.63) is 241 Å². The van der Waals surface area contributed by atoms with Gasteiger partial charge in [-0.15, -0.1) is 0 Å². The van der Waals surface area contributed by atoms with Gasteiger partial charge < -0.3 is 96.6 Å². The van der Waals surface area contributed by atoms with Gasteiger partial charge in [0.25, 0.3) is 0 Å². The third kappa shape index (κ3) is 38.2. The zero-order chi connectivity index (χ0) is 109. The van der Waals surface area contributed by atoms with Crippen LogP contribution in [0.4, 0.5) is 89.9 Å². The lowest BCUT2D eigenvalue weighted by atomic mass is 9.82. The Kier molecular flexibility index (Phi) is 49.6. The average molecular weight is 2180 g/mol. The molecule has 0 spiro atoms. The van der Waals surface area contributed by atoms with Crippen molar-refractivity contribution in [1.82, 2.24) is 59.9 Å². The van der Waals surface area contributed by atoms with Crippen LogP contribution in [0.5, 0.6) is 29.0 Å². The summed E-state index contributed by atoms with van der Waals surface area (Å²) >= 11 is 10.8. The van der Waals surface area contributed by atoms with Gasteiger partial charge in [0.1, 0.15) is 39.2 Å². The second kappa shape index (κ2) is 59.8. The highest BCUT2D eigenvalue weighted by Crippen LogP contribution is 2.44. The fraction of sp³-hybridized carbons (Fsp3) is 0.396. The van der Waals surface area contributed by atoms with E-state index in [-0.39, 0.29) is 132 Å². The van der Waals surface area contributed by atoms with E-state index < -0.39 is 122 Å². The summed E-state index contributed by atoms with van der Waals surface area (Å²) in [5, 5.41) is 49.9. The minimum Gasteiger partial charge on any atom is -1.00 e. The Labute approximate surface area is 860 Å². The first-order chi connectivity index (χ1) is 70.1. The lowest BCUT2D eigenvalue weighted by molar-refractivity contribution is -0.255. The smallest absolute Gasteiger partial charge is 0.421 e. The van der Waals surface area contributed by atoms with E-state index in [1.54, 1.807) is 21.0 Å². The maximum Gasteiger partial charge on any atom is 0.421 e. The topological polar surface area (TPSA) is 450 Å². The molecule has 0 atom stereocenters. The number of carboxylic acids is 1. The van der Waals surface area contributed by atoms with Crippen LogP contribution in [-0.4, -0.2) is 221 Å². The first kappa shape index (κ1) is 124. The maximum atomic E-state index is 15.4. The van der Waals surface area contributed by atoms with Crippen LogP contribution in [0, 0.1) is 66.6 Å². The van der Waals surface area contributed by atoms with Gasteiger partial charge in [-0.1, -0.05) is 25.4 Å². The zero-order valence-corrected chi connectivity index (χ0v) is 84.5. The van der Waals surface area contributed by atoms with E-state index in [1.165, 1.54) is 133 Å². The summed E-state index contributed by atoms with van der Waals surface area (Å²) in [6.07, 6.45) is 4.77. The molecule has 149 heavy (non-hydrogen) atoms. The fourth-order valence-electron chi connectivity index (χ4n) is 14.0. The Morgan fingerprint density at radius 2 is 0.772 bits per heavy atom. The molecule has 6 aromatic heterocycles. The van der Waals surface area contributed by atoms with Crippen LogP contribution < -0.4 is 48.5 Å². The number of rotatable bonds is 33. The van der Waals surface area contributed by atoms with E-state index in [1.807, 2.05) is 0 Å². The highest BCUT2D eigenvalue weighted by Gasteiger charge is 2.40. The number of hydrogen-bond donors (Lipinski definition) is 6.